The minimum absolute atomic E-state index is 0.323. The molecule has 16 heteroatoms. The molecule has 0 aliphatic heterocycles. The first-order chi connectivity index (χ1) is 15.0. The summed E-state index contributed by atoms with van der Waals surface area (Å²) in [6.45, 7) is 12.5. The van der Waals surface area contributed by atoms with E-state index in [-0.39, 0.29) is 0 Å². The number of rotatable bonds is 16. The first kappa shape index (κ1) is 31.6. The molecule has 0 aromatic rings. The number of ether oxygens (including phenoxy) is 4. The molecule has 4 unspecified atom stereocenters. The average molecular weight is 553 g/mol. The molecule has 0 bridgehead atoms. The first-order valence-corrected chi connectivity index (χ1v) is 15.0. The van der Waals surface area contributed by atoms with Gasteiger partial charge in [0.05, 0.1) is 0 Å². The highest BCUT2D eigenvalue weighted by molar-refractivity contribution is 7.97. The van der Waals surface area contributed by atoms with Gasteiger partial charge in [-0.3, -0.25) is 0 Å². The van der Waals surface area contributed by atoms with E-state index in [1.807, 2.05) is 0 Å². The van der Waals surface area contributed by atoms with Crippen LogP contribution in [-0.4, -0.2) is 83.9 Å². The Morgan fingerprint density at radius 3 is 0.727 bits per heavy atom. The van der Waals surface area contributed by atoms with Crippen LogP contribution in [0.5, 0.6) is 0 Å². The maximum absolute atomic E-state index is 13.0. The fraction of sp³-hybridized carbons (Fsp3) is 0.529. The molecular weight excluding hydrogens is 524 g/mol. The molecule has 33 heavy (non-hydrogen) atoms. The highest BCUT2D eigenvalue weighted by Gasteiger charge is 2.70. The zero-order chi connectivity index (χ0) is 26.5. The number of hydrogen-bond acceptors (Lipinski definition) is 12. The van der Waals surface area contributed by atoms with E-state index in [2.05, 4.69) is 26.3 Å². The second-order valence-electron chi connectivity index (χ2n) is 6.29. The van der Waals surface area contributed by atoms with Crippen molar-refractivity contribution in [3.63, 3.8) is 0 Å². The summed E-state index contributed by atoms with van der Waals surface area (Å²) < 4.78 is 124. The van der Waals surface area contributed by atoms with E-state index in [0.717, 1.165) is 28.4 Å². The van der Waals surface area contributed by atoms with E-state index in [9.17, 15) is 33.7 Å². The van der Waals surface area contributed by atoms with Crippen LogP contribution in [0.3, 0.4) is 0 Å². The Kier molecular flexibility index (Phi) is 10.9. The van der Waals surface area contributed by atoms with E-state index in [1.54, 1.807) is 0 Å². The van der Waals surface area contributed by atoms with Crippen molar-refractivity contribution in [3.8, 4) is 0 Å². The van der Waals surface area contributed by atoms with Crippen LogP contribution in [0.25, 0.3) is 0 Å². The molecule has 0 aromatic carbocycles. The van der Waals surface area contributed by atoms with Crippen LogP contribution >= 0.6 is 0 Å². The second-order valence-corrected chi connectivity index (χ2v) is 14.1. The molecule has 0 spiro atoms. The third kappa shape index (κ3) is 5.64. The van der Waals surface area contributed by atoms with Gasteiger partial charge in [0.25, 0.3) is 0 Å². The molecule has 0 saturated heterocycles. The molecule has 192 valence electrons. The third-order valence-electron chi connectivity index (χ3n) is 4.61. The van der Waals surface area contributed by atoms with Crippen molar-refractivity contribution < 1.29 is 52.6 Å². The van der Waals surface area contributed by atoms with Crippen molar-refractivity contribution in [1.29, 1.82) is 0 Å². The van der Waals surface area contributed by atoms with Gasteiger partial charge < -0.3 is 18.9 Å². The van der Waals surface area contributed by atoms with Crippen LogP contribution in [0.2, 0.25) is 0 Å². The van der Waals surface area contributed by atoms with E-state index < -0.39 is 66.5 Å². The Morgan fingerprint density at radius 2 is 0.636 bits per heavy atom. The van der Waals surface area contributed by atoms with Crippen molar-refractivity contribution in [1.82, 2.24) is 0 Å². The maximum Gasteiger partial charge on any atom is 0.198 e. The molecule has 0 aliphatic carbocycles. The fourth-order valence-electron chi connectivity index (χ4n) is 3.51. The highest BCUT2D eigenvalue weighted by atomic mass is 32.2. The largest absolute Gasteiger partial charge is 0.364 e. The van der Waals surface area contributed by atoms with Crippen molar-refractivity contribution in [2.75, 3.05) is 28.4 Å². The summed E-state index contributed by atoms with van der Waals surface area (Å²) in [5.41, 5.74) is -13.5. The van der Waals surface area contributed by atoms with Crippen LogP contribution in [0.1, 0.15) is 0 Å². The van der Waals surface area contributed by atoms with Gasteiger partial charge in [-0.2, -0.15) is 0 Å². The Labute approximate surface area is 195 Å². The number of methoxy groups -OCH3 is 4. The van der Waals surface area contributed by atoms with Gasteiger partial charge in [-0.25, -0.2) is 33.7 Å². The van der Waals surface area contributed by atoms with Gasteiger partial charge in [0.15, 0.2) is 61.1 Å². The van der Waals surface area contributed by atoms with Gasteiger partial charge in [-0.1, -0.05) is 26.3 Å². The summed E-state index contributed by atoms with van der Waals surface area (Å²) in [4.78, 5) is 0. The lowest BCUT2D eigenvalue weighted by molar-refractivity contribution is -0.134. The summed E-state index contributed by atoms with van der Waals surface area (Å²) in [7, 11) is -16.2. The highest BCUT2D eigenvalue weighted by Crippen LogP contribution is 2.49. The van der Waals surface area contributed by atoms with Crippen LogP contribution < -0.4 is 0 Å². The quantitative estimate of drug-likeness (QED) is 0.253. The molecule has 0 heterocycles. The third-order valence-corrected chi connectivity index (χ3v) is 11.3. The SMILES string of the molecule is C=CS(=O)(=O)C(OC)C(C(OC)S(=O)(=O)C=C)(C(OC)S(=O)(=O)C=C)C(OC)S(=O)(=O)C=C. The lowest BCUT2D eigenvalue weighted by Gasteiger charge is -2.48. The van der Waals surface area contributed by atoms with Crippen molar-refractivity contribution in [2.45, 2.75) is 21.7 Å². The molecule has 0 fully saturated rings. The lowest BCUT2D eigenvalue weighted by atomic mass is 9.90. The minimum Gasteiger partial charge on any atom is -0.364 e. The van der Waals surface area contributed by atoms with Gasteiger partial charge in [0.1, 0.15) is 5.41 Å². The van der Waals surface area contributed by atoms with Gasteiger partial charge in [-0.15, -0.1) is 0 Å². The molecule has 0 aromatic heterocycles. The Bertz CT molecular complexity index is 975. The molecule has 0 aliphatic rings. The summed E-state index contributed by atoms with van der Waals surface area (Å²) >= 11 is 0. The van der Waals surface area contributed by atoms with Gasteiger partial charge in [-0.05, 0) is 0 Å². The van der Waals surface area contributed by atoms with E-state index in [0.29, 0.717) is 21.6 Å². The standard InChI is InChI=1S/C17H28O12S4/c1-9-30(18,19)13(26-5)17(14(27-6)31(20,21)10-2,15(28-7)32(22,23)11-3)16(29-8)33(24,25)12-4/h9-16H,1-4H2,5-8H3. The monoisotopic (exact) mass is 552 g/mol. The van der Waals surface area contributed by atoms with Gasteiger partial charge in [0, 0.05) is 50.1 Å². The zero-order valence-electron chi connectivity index (χ0n) is 18.5. The van der Waals surface area contributed by atoms with Crippen molar-refractivity contribution in [3.05, 3.63) is 47.9 Å². The lowest BCUT2D eigenvalue weighted by Crippen LogP contribution is -2.68. The van der Waals surface area contributed by atoms with E-state index >= 15 is 0 Å². The maximum atomic E-state index is 13.0. The molecule has 12 nitrogen and oxygen atoms in total. The molecular formula is C17H28O12S4. The van der Waals surface area contributed by atoms with Crippen LogP contribution in [0, 0.1) is 5.41 Å². The van der Waals surface area contributed by atoms with E-state index in [1.165, 1.54) is 0 Å². The van der Waals surface area contributed by atoms with Crippen LogP contribution in [-0.2, 0) is 58.3 Å². The van der Waals surface area contributed by atoms with Crippen LogP contribution in [0.4, 0.5) is 0 Å². The van der Waals surface area contributed by atoms with Crippen molar-refractivity contribution >= 4 is 39.3 Å². The smallest absolute Gasteiger partial charge is 0.198 e. The summed E-state index contributed by atoms with van der Waals surface area (Å²) in [5, 5.41) is 1.29. The summed E-state index contributed by atoms with van der Waals surface area (Å²) in [6.07, 6.45) is 0. The average Bonchev–Trinajstić information content (AvgIpc) is 2.74. The van der Waals surface area contributed by atoms with Gasteiger partial charge >= 0.3 is 0 Å². The Hall–Kier alpha value is -1.40. The van der Waals surface area contributed by atoms with Gasteiger partial charge in [0.2, 0.25) is 0 Å². The predicted molar refractivity (Wildman–Crippen MR) is 122 cm³/mol. The topological polar surface area (TPSA) is 173 Å². The molecule has 0 rings (SSSR count). The molecule has 0 saturated carbocycles. The zero-order valence-corrected chi connectivity index (χ0v) is 21.7. The summed E-state index contributed by atoms with van der Waals surface area (Å²) in [5.74, 6) is 0. The molecule has 0 N–H and O–H groups in total. The van der Waals surface area contributed by atoms with E-state index in [4.69, 9.17) is 18.9 Å². The fourth-order valence-corrected chi connectivity index (χ4v) is 9.56. The summed E-state index contributed by atoms with van der Waals surface area (Å²) in [6, 6.07) is 0. The van der Waals surface area contributed by atoms with Crippen LogP contribution in [0.15, 0.2) is 47.9 Å². The molecule has 0 amide bonds. The minimum atomic E-state index is -4.83. The predicted octanol–water partition coefficient (Wildman–Crippen LogP) is 0.0960. The second kappa shape index (κ2) is 11.4. The normalized spacial score (nSPS) is 18.8. The molecule has 4 atom stereocenters. The number of sulfone groups is 4. The van der Waals surface area contributed by atoms with Crippen molar-refractivity contribution in [2.24, 2.45) is 5.41 Å². The number of hydrogen-bond donors (Lipinski definition) is 0. The Balaban J connectivity index is 8.64. The first-order valence-electron chi connectivity index (χ1n) is 8.58. The molecule has 0 radical (unpaired) electrons. The Morgan fingerprint density at radius 1 is 0.485 bits per heavy atom.